The summed E-state index contributed by atoms with van der Waals surface area (Å²) in [4.78, 5) is 16.2. The van der Waals surface area contributed by atoms with E-state index in [0.29, 0.717) is 13.1 Å². The second-order valence-corrected chi connectivity index (χ2v) is 10.9. The number of benzene rings is 3. The van der Waals surface area contributed by atoms with Crippen molar-refractivity contribution in [3.05, 3.63) is 119 Å². The van der Waals surface area contributed by atoms with Crippen LogP contribution < -0.4 is 10.6 Å². The van der Waals surface area contributed by atoms with Crippen molar-refractivity contribution < 1.29 is 19.4 Å². The Kier molecular flexibility index (Phi) is 10.0. The second-order valence-electron chi connectivity index (χ2n) is 9.86. The number of aromatic nitrogens is 1. The van der Waals surface area contributed by atoms with E-state index in [9.17, 15) is 9.90 Å². The highest BCUT2D eigenvalue weighted by atomic mass is 32.2. The van der Waals surface area contributed by atoms with E-state index in [1.165, 1.54) is 0 Å². The summed E-state index contributed by atoms with van der Waals surface area (Å²) >= 11 is 1.68. The number of carbonyl (C=O) groups is 1. The molecular formula is C33H35N3O4S. The number of aliphatic hydroxyl groups is 1. The average Bonchev–Trinajstić information content (AvgIpc) is 3.03. The molecule has 2 heterocycles. The highest BCUT2D eigenvalue weighted by Gasteiger charge is 2.32. The van der Waals surface area contributed by atoms with Crippen LogP contribution in [-0.2, 0) is 22.6 Å². The average molecular weight is 570 g/mol. The van der Waals surface area contributed by atoms with Crippen LogP contribution in [-0.4, -0.2) is 34.5 Å². The van der Waals surface area contributed by atoms with E-state index in [1.807, 2.05) is 61.5 Å². The largest absolute Gasteiger partial charge is 0.392 e. The summed E-state index contributed by atoms with van der Waals surface area (Å²) in [5.41, 5.74) is 6.07. The minimum Gasteiger partial charge on any atom is -0.392 e. The van der Waals surface area contributed by atoms with Gasteiger partial charge in [0.25, 0.3) is 0 Å². The predicted octanol–water partition coefficient (Wildman–Crippen LogP) is 6.40. The van der Waals surface area contributed by atoms with Crippen molar-refractivity contribution in [3.8, 4) is 11.1 Å². The Balaban J connectivity index is 1.31. The summed E-state index contributed by atoms with van der Waals surface area (Å²) in [6, 6.07) is 30.1. The zero-order valence-corrected chi connectivity index (χ0v) is 23.8. The fourth-order valence-electron chi connectivity index (χ4n) is 4.73. The molecule has 1 aromatic heterocycles. The summed E-state index contributed by atoms with van der Waals surface area (Å²) in [6.07, 6.45) is 1.85. The van der Waals surface area contributed by atoms with Crippen LogP contribution >= 0.6 is 11.8 Å². The third-order valence-electron chi connectivity index (χ3n) is 6.90. The lowest BCUT2D eigenvalue weighted by molar-refractivity contribution is -0.245. The minimum atomic E-state index is -0.512. The molecule has 1 fully saturated rings. The molecule has 1 saturated heterocycles. The van der Waals surface area contributed by atoms with E-state index >= 15 is 0 Å². The van der Waals surface area contributed by atoms with Crippen molar-refractivity contribution in [1.82, 2.24) is 15.6 Å². The van der Waals surface area contributed by atoms with Gasteiger partial charge in [-0.05, 0) is 52.9 Å². The molecule has 0 saturated carbocycles. The van der Waals surface area contributed by atoms with Crippen LogP contribution in [0.2, 0.25) is 0 Å². The van der Waals surface area contributed by atoms with Crippen LogP contribution in [0, 0.1) is 0 Å². The van der Waals surface area contributed by atoms with Gasteiger partial charge in [0.15, 0.2) is 6.29 Å². The number of pyridine rings is 1. The molecule has 0 spiro atoms. The molecule has 3 atom stereocenters. The summed E-state index contributed by atoms with van der Waals surface area (Å²) in [7, 11) is 0. The normalized spacial score (nSPS) is 18.5. The first-order chi connectivity index (χ1) is 20.1. The first-order valence-electron chi connectivity index (χ1n) is 13.9. The maximum atomic E-state index is 11.8. The number of aliphatic hydroxyl groups excluding tert-OH is 1. The quantitative estimate of drug-likeness (QED) is 0.192. The molecular weight excluding hydrogens is 534 g/mol. The van der Waals surface area contributed by atoms with Crippen LogP contribution in [0.5, 0.6) is 0 Å². The van der Waals surface area contributed by atoms with Crippen molar-refractivity contribution in [1.29, 1.82) is 0 Å². The number of hydrogen-bond acceptors (Lipinski definition) is 6. The maximum absolute atomic E-state index is 11.8. The minimum absolute atomic E-state index is 0.0147. The third-order valence-corrected chi connectivity index (χ3v) is 7.98. The highest BCUT2D eigenvalue weighted by Crippen LogP contribution is 2.39. The molecule has 0 radical (unpaired) electrons. The Morgan fingerprint density at radius 3 is 2.44 bits per heavy atom. The van der Waals surface area contributed by atoms with Gasteiger partial charge in [-0.2, -0.15) is 0 Å². The number of rotatable bonds is 10. The van der Waals surface area contributed by atoms with Crippen molar-refractivity contribution in [2.45, 2.75) is 50.0 Å². The van der Waals surface area contributed by atoms with Crippen molar-refractivity contribution in [2.24, 2.45) is 0 Å². The molecule has 212 valence electrons. The smallest absolute Gasteiger partial charge is 0.315 e. The standard InChI is InChI=1S/C33H35N3O4S/c1-2-34-33(38)36-20-24-6-5-7-28(18-24)25-13-15-27(16-14-25)32-39-29(22-41-31-8-3-4-17-35-31)19-30(40-32)26-11-9-23(21-37)10-12-26/h3-18,29-30,32,37H,2,19-22H2,1H3,(H2,34,36,38)/t29-,30+,32+/m0/s1. The van der Waals surface area contributed by atoms with E-state index in [1.54, 1.807) is 18.0 Å². The lowest BCUT2D eigenvalue weighted by Gasteiger charge is -2.36. The van der Waals surface area contributed by atoms with Crippen LogP contribution in [0.3, 0.4) is 0 Å². The Bertz CT molecular complexity index is 1400. The van der Waals surface area contributed by atoms with E-state index in [0.717, 1.165) is 50.6 Å². The summed E-state index contributed by atoms with van der Waals surface area (Å²) < 4.78 is 13.0. The number of hydrogen-bond donors (Lipinski definition) is 3. The molecule has 1 aliphatic heterocycles. The molecule has 3 aromatic carbocycles. The van der Waals surface area contributed by atoms with Gasteiger partial charge in [-0.15, -0.1) is 11.8 Å². The Hall–Kier alpha value is -3.69. The molecule has 41 heavy (non-hydrogen) atoms. The molecule has 0 aliphatic carbocycles. The van der Waals surface area contributed by atoms with Gasteiger partial charge < -0.3 is 25.2 Å². The number of urea groups is 1. The van der Waals surface area contributed by atoms with E-state index in [-0.39, 0.29) is 24.8 Å². The maximum Gasteiger partial charge on any atom is 0.315 e. The molecule has 0 unspecified atom stereocenters. The van der Waals surface area contributed by atoms with Crippen LogP contribution in [0.1, 0.15) is 48.0 Å². The number of carbonyl (C=O) groups excluding carboxylic acids is 1. The number of nitrogens with zero attached hydrogens (tertiary/aromatic N) is 1. The second kappa shape index (κ2) is 14.3. The molecule has 5 rings (SSSR count). The lowest BCUT2D eigenvalue weighted by Crippen LogP contribution is -2.34. The van der Waals surface area contributed by atoms with Gasteiger partial charge in [0.1, 0.15) is 0 Å². The zero-order chi connectivity index (χ0) is 28.4. The fourth-order valence-corrected chi connectivity index (χ4v) is 5.61. The van der Waals surface area contributed by atoms with Crippen LogP contribution in [0.15, 0.2) is 102 Å². The van der Waals surface area contributed by atoms with E-state index < -0.39 is 6.29 Å². The van der Waals surface area contributed by atoms with Crippen molar-refractivity contribution in [2.75, 3.05) is 12.3 Å². The van der Waals surface area contributed by atoms with Gasteiger partial charge in [-0.25, -0.2) is 9.78 Å². The van der Waals surface area contributed by atoms with Gasteiger partial charge in [-0.3, -0.25) is 0 Å². The van der Waals surface area contributed by atoms with Gasteiger partial charge in [0.05, 0.1) is 23.8 Å². The predicted molar refractivity (Wildman–Crippen MR) is 161 cm³/mol. The van der Waals surface area contributed by atoms with E-state index in [4.69, 9.17) is 9.47 Å². The molecule has 1 aliphatic rings. The third kappa shape index (κ3) is 7.95. The summed E-state index contributed by atoms with van der Waals surface area (Å²) in [5.74, 6) is 0.761. The Morgan fingerprint density at radius 1 is 0.902 bits per heavy atom. The first-order valence-corrected chi connectivity index (χ1v) is 14.8. The van der Waals surface area contributed by atoms with Gasteiger partial charge in [0, 0.05) is 37.0 Å². The highest BCUT2D eigenvalue weighted by molar-refractivity contribution is 7.99. The van der Waals surface area contributed by atoms with E-state index in [2.05, 4.69) is 52.0 Å². The van der Waals surface area contributed by atoms with Crippen LogP contribution in [0.4, 0.5) is 4.79 Å². The van der Waals surface area contributed by atoms with Gasteiger partial charge >= 0.3 is 6.03 Å². The first kappa shape index (κ1) is 28.8. The topological polar surface area (TPSA) is 92.7 Å². The number of ether oxygens (including phenoxy) is 2. The molecule has 7 nitrogen and oxygen atoms in total. The molecule has 4 aromatic rings. The number of amides is 2. The Labute approximate surface area is 245 Å². The zero-order valence-electron chi connectivity index (χ0n) is 23.0. The van der Waals surface area contributed by atoms with Gasteiger partial charge in [-0.1, -0.05) is 72.8 Å². The van der Waals surface area contributed by atoms with Crippen molar-refractivity contribution in [3.63, 3.8) is 0 Å². The fraction of sp³-hybridized carbons (Fsp3) is 0.273. The number of thioether (sulfide) groups is 1. The molecule has 3 N–H and O–H groups in total. The summed E-state index contributed by atoms with van der Waals surface area (Å²) in [5, 5.41) is 16.1. The molecule has 0 bridgehead atoms. The monoisotopic (exact) mass is 569 g/mol. The van der Waals surface area contributed by atoms with Crippen molar-refractivity contribution >= 4 is 17.8 Å². The van der Waals surface area contributed by atoms with Gasteiger partial charge in [0.2, 0.25) is 0 Å². The SMILES string of the molecule is CCNC(=O)NCc1cccc(-c2ccc([C@@H]3O[C@H](CSc4ccccn4)C[C@H](c4ccc(CO)cc4)O3)cc2)c1. The molecule has 2 amide bonds. The van der Waals surface area contributed by atoms with Crippen LogP contribution in [0.25, 0.3) is 11.1 Å². The summed E-state index contributed by atoms with van der Waals surface area (Å²) in [6.45, 7) is 2.96. The Morgan fingerprint density at radius 2 is 1.71 bits per heavy atom. The lowest BCUT2D eigenvalue weighted by atomic mass is 9.99. The number of nitrogens with one attached hydrogen (secondary N) is 2. The molecule has 8 heteroatoms.